The van der Waals surface area contributed by atoms with Crippen molar-refractivity contribution in [2.24, 2.45) is 0 Å². The first-order chi connectivity index (χ1) is 9.22. The van der Waals surface area contributed by atoms with Gasteiger partial charge >= 0.3 is 0 Å². The van der Waals surface area contributed by atoms with E-state index in [1.807, 2.05) is 42.5 Å². The summed E-state index contributed by atoms with van der Waals surface area (Å²) in [7, 11) is 0. The van der Waals surface area contributed by atoms with Crippen LogP contribution >= 0.6 is 27.5 Å². The molecule has 3 aromatic rings. The lowest BCUT2D eigenvalue weighted by molar-refractivity contribution is 0.207. The number of rotatable bonds is 2. The summed E-state index contributed by atoms with van der Waals surface area (Å²) in [5.41, 5.74) is 0.910. The zero-order valence-electron chi connectivity index (χ0n) is 10.1. The van der Waals surface area contributed by atoms with Crippen molar-refractivity contribution >= 4 is 49.1 Å². The molecule has 0 aliphatic rings. The molecule has 0 heterocycles. The number of halogens is 2. The Bertz CT molecular complexity index is 754. The summed E-state index contributed by atoms with van der Waals surface area (Å²) in [6, 6.07) is 16.0. The minimum absolute atomic E-state index is 0.507. The van der Waals surface area contributed by atoms with Crippen LogP contribution in [-0.2, 0) is 0 Å². The Morgan fingerprint density at radius 2 is 1.79 bits per heavy atom. The van der Waals surface area contributed by atoms with Crippen LogP contribution in [0.5, 0.6) is 0 Å². The van der Waals surface area contributed by atoms with E-state index in [4.69, 9.17) is 11.6 Å². The molecule has 0 unspecified atom stereocenters. The lowest BCUT2D eigenvalue weighted by Crippen LogP contribution is -1.99. The largest absolute Gasteiger partial charge is 0.388 e. The molecule has 96 valence electrons. The van der Waals surface area contributed by atoms with Gasteiger partial charge in [-0.1, -0.05) is 63.9 Å². The molecule has 0 spiro atoms. The second-order valence-corrected chi connectivity index (χ2v) is 5.57. The van der Waals surface area contributed by atoms with Crippen LogP contribution in [0.3, 0.4) is 0 Å². The topological polar surface area (TPSA) is 20.2 Å². The summed E-state index contributed by atoms with van der Waals surface area (Å²) in [6.07, 6.45) is -0.537. The first-order valence-corrected chi connectivity index (χ1v) is 7.56. The molecule has 0 amide bonds. The smallest absolute Gasteiger partial charge is 0.0893 e. The Balaban J connectivity index is 2.52. The molecule has 0 radical (unpaired) electrons. The first-order valence-electron chi connectivity index (χ1n) is 6.06. The molecular formula is C16H12BrClO. The average Bonchev–Trinajstić information content (AvgIpc) is 2.45. The predicted molar refractivity (Wildman–Crippen MR) is 85.2 cm³/mol. The molecule has 0 saturated heterocycles. The van der Waals surface area contributed by atoms with E-state index in [-0.39, 0.29) is 0 Å². The normalized spacial score (nSPS) is 13.0. The van der Waals surface area contributed by atoms with Crippen molar-refractivity contribution in [3.05, 3.63) is 59.1 Å². The Labute approximate surface area is 124 Å². The van der Waals surface area contributed by atoms with E-state index in [2.05, 4.69) is 22.0 Å². The van der Waals surface area contributed by atoms with E-state index < -0.39 is 6.10 Å². The molecule has 1 N–H and O–H groups in total. The van der Waals surface area contributed by atoms with Gasteiger partial charge in [-0.25, -0.2) is 0 Å². The number of aliphatic hydroxyl groups is 1. The zero-order chi connectivity index (χ0) is 13.4. The molecule has 3 aromatic carbocycles. The van der Waals surface area contributed by atoms with Crippen LogP contribution in [0.1, 0.15) is 11.7 Å². The summed E-state index contributed by atoms with van der Waals surface area (Å²) in [5.74, 6) is 0. The van der Waals surface area contributed by atoms with E-state index in [0.717, 1.165) is 32.1 Å². The standard InChI is InChI=1S/C16H12BrClO/c17-9-15(19)13-8-10-4-1-2-5-11(10)16-12(13)6-3-7-14(16)18/h1-8,15,19H,9H2/t15-/m0/s1. The quantitative estimate of drug-likeness (QED) is 0.512. The highest BCUT2D eigenvalue weighted by Crippen LogP contribution is 2.36. The van der Waals surface area contributed by atoms with Gasteiger partial charge in [0.05, 0.1) is 6.10 Å². The van der Waals surface area contributed by atoms with Crippen LogP contribution in [0.15, 0.2) is 48.5 Å². The molecule has 0 saturated carbocycles. The molecule has 0 aliphatic heterocycles. The van der Waals surface area contributed by atoms with Gasteiger partial charge < -0.3 is 5.11 Å². The molecule has 0 aromatic heterocycles. The minimum Gasteiger partial charge on any atom is -0.388 e. The summed E-state index contributed by atoms with van der Waals surface area (Å²) in [4.78, 5) is 0. The van der Waals surface area contributed by atoms with Gasteiger partial charge in [0.2, 0.25) is 0 Å². The summed E-state index contributed by atoms with van der Waals surface area (Å²) < 4.78 is 0. The zero-order valence-corrected chi connectivity index (χ0v) is 12.4. The van der Waals surface area contributed by atoms with E-state index >= 15 is 0 Å². The number of aliphatic hydroxyl groups excluding tert-OH is 1. The van der Waals surface area contributed by atoms with E-state index in [1.54, 1.807) is 0 Å². The summed E-state index contributed by atoms with van der Waals surface area (Å²) in [6.45, 7) is 0. The molecule has 3 heteroatoms. The van der Waals surface area contributed by atoms with Crippen molar-refractivity contribution < 1.29 is 5.11 Å². The highest BCUT2D eigenvalue weighted by atomic mass is 79.9. The molecule has 0 aliphatic carbocycles. The maximum absolute atomic E-state index is 10.2. The van der Waals surface area contributed by atoms with Crippen molar-refractivity contribution in [1.29, 1.82) is 0 Å². The van der Waals surface area contributed by atoms with Gasteiger partial charge in [0.1, 0.15) is 0 Å². The van der Waals surface area contributed by atoms with Gasteiger partial charge in [-0.05, 0) is 33.9 Å². The Morgan fingerprint density at radius 1 is 1.05 bits per heavy atom. The minimum atomic E-state index is -0.537. The van der Waals surface area contributed by atoms with Crippen LogP contribution in [-0.4, -0.2) is 10.4 Å². The predicted octanol–water partition coefficient (Wildman–Crippen LogP) is 5.07. The molecule has 3 rings (SSSR count). The fraction of sp³-hybridized carbons (Fsp3) is 0.125. The van der Waals surface area contributed by atoms with Crippen LogP contribution in [0.2, 0.25) is 5.02 Å². The lowest BCUT2D eigenvalue weighted by atomic mass is 9.95. The molecule has 19 heavy (non-hydrogen) atoms. The third-order valence-corrected chi connectivity index (χ3v) is 4.30. The van der Waals surface area contributed by atoms with Gasteiger partial charge in [0.15, 0.2) is 0 Å². The van der Waals surface area contributed by atoms with E-state index in [0.29, 0.717) is 5.33 Å². The van der Waals surface area contributed by atoms with Crippen LogP contribution in [0.4, 0.5) is 0 Å². The van der Waals surface area contributed by atoms with Crippen molar-refractivity contribution in [3.63, 3.8) is 0 Å². The maximum Gasteiger partial charge on any atom is 0.0893 e. The van der Waals surface area contributed by atoms with Crippen molar-refractivity contribution in [2.45, 2.75) is 6.10 Å². The first kappa shape index (κ1) is 12.9. The second kappa shape index (κ2) is 5.12. The molecule has 1 atom stereocenters. The van der Waals surface area contributed by atoms with E-state index in [1.165, 1.54) is 0 Å². The fourth-order valence-electron chi connectivity index (χ4n) is 2.49. The molecule has 1 nitrogen and oxygen atoms in total. The van der Waals surface area contributed by atoms with Crippen LogP contribution < -0.4 is 0 Å². The van der Waals surface area contributed by atoms with Crippen molar-refractivity contribution in [1.82, 2.24) is 0 Å². The highest BCUT2D eigenvalue weighted by Gasteiger charge is 2.14. The molecular weight excluding hydrogens is 324 g/mol. The summed E-state index contributed by atoms with van der Waals surface area (Å²) in [5, 5.41) is 15.7. The third-order valence-electron chi connectivity index (χ3n) is 3.37. The number of benzene rings is 3. The fourth-order valence-corrected chi connectivity index (χ4v) is 3.12. The number of hydrogen-bond donors (Lipinski definition) is 1. The lowest BCUT2D eigenvalue weighted by Gasteiger charge is -2.14. The Hall–Kier alpha value is -1.09. The highest BCUT2D eigenvalue weighted by molar-refractivity contribution is 9.09. The average molecular weight is 336 g/mol. The van der Waals surface area contributed by atoms with Crippen LogP contribution in [0.25, 0.3) is 21.5 Å². The van der Waals surface area contributed by atoms with Gasteiger partial charge in [-0.15, -0.1) is 0 Å². The van der Waals surface area contributed by atoms with Crippen molar-refractivity contribution in [2.75, 3.05) is 5.33 Å². The van der Waals surface area contributed by atoms with E-state index in [9.17, 15) is 5.11 Å². The SMILES string of the molecule is O[C@@H](CBr)c1cc2ccccc2c2c(Cl)cccc12. The Kier molecular flexibility index (Phi) is 3.48. The number of alkyl halides is 1. The molecule has 0 bridgehead atoms. The monoisotopic (exact) mass is 334 g/mol. The van der Waals surface area contributed by atoms with Gasteiger partial charge in [0, 0.05) is 15.7 Å². The Morgan fingerprint density at radius 3 is 2.58 bits per heavy atom. The van der Waals surface area contributed by atoms with Crippen LogP contribution in [0, 0.1) is 0 Å². The number of fused-ring (bicyclic) bond motifs is 3. The van der Waals surface area contributed by atoms with Gasteiger partial charge in [0.25, 0.3) is 0 Å². The third kappa shape index (κ3) is 2.14. The van der Waals surface area contributed by atoms with Gasteiger partial charge in [-0.3, -0.25) is 0 Å². The van der Waals surface area contributed by atoms with Crippen molar-refractivity contribution in [3.8, 4) is 0 Å². The number of hydrogen-bond acceptors (Lipinski definition) is 1. The molecule has 0 fully saturated rings. The summed E-state index contributed by atoms with van der Waals surface area (Å²) >= 11 is 9.70. The second-order valence-electron chi connectivity index (χ2n) is 4.52. The maximum atomic E-state index is 10.2. The van der Waals surface area contributed by atoms with Gasteiger partial charge in [-0.2, -0.15) is 0 Å².